The zero-order valence-corrected chi connectivity index (χ0v) is 26.4. The summed E-state index contributed by atoms with van der Waals surface area (Å²) in [6, 6.07) is 10.6. The van der Waals surface area contributed by atoms with Crippen LogP contribution in [0.15, 0.2) is 40.4 Å². The molecule has 0 radical (unpaired) electrons. The first-order valence-corrected chi connectivity index (χ1v) is 14.5. The van der Waals surface area contributed by atoms with Crippen LogP contribution in [0.3, 0.4) is 0 Å². The average molecular weight is 578 g/mol. The Hall–Kier alpha value is -4.31. The number of hydrogen-bond donors (Lipinski definition) is 0. The van der Waals surface area contributed by atoms with Crippen LogP contribution in [-0.4, -0.2) is 39.4 Å². The van der Waals surface area contributed by atoms with Crippen molar-refractivity contribution < 1.29 is 9.23 Å². The summed E-state index contributed by atoms with van der Waals surface area (Å²) < 4.78 is 13.8. The first kappa shape index (κ1) is 35.7. The molecule has 0 N–H and O–H groups in total. The maximum absolute atomic E-state index is 12.6. The topological polar surface area (TPSA) is 120 Å². The Kier molecular flexibility index (Phi) is 14.9. The third-order valence-electron chi connectivity index (χ3n) is 6.19. The summed E-state index contributed by atoms with van der Waals surface area (Å²) in [4.78, 5) is 27.6. The van der Waals surface area contributed by atoms with Crippen molar-refractivity contribution in [1.29, 1.82) is 10.5 Å². The van der Waals surface area contributed by atoms with Gasteiger partial charge in [-0.1, -0.05) is 52.1 Å². The van der Waals surface area contributed by atoms with Gasteiger partial charge in [-0.25, -0.2) is 9.97 Å². The molecule has 0 bridgehead atoms. The molecule has 0 aliphatic heterocycles. The quantitative estimate of drug-likeness (QED) is 0.188. The van der Waals surface area contributed by atoms with E-state index < -0.39 is 5.95 Å². The van der Waals surface area contributed by atoms with E-state index in [4.69, 9.17) is 10.1 Å². The van der Waals surface area contributed by atoms with Gasteiger partial charge in [0.05, 0.1) is 17.4 Å². The van der Waals surface area contributed by atoms with E-state index in [1.165, 1.54) is 29.5 Å². The lowest BCUT2D eigenvalue weighted by atomic mass is 9.93. The second-order valence-electron chi connectivity index (χ2n) is 10.1. The molecule has 0 aromatic carbocycles. The van der Waals surface area contributed by atoms with E-state index in [0.29, 0.717) is 22.3 Å². The number of oxime groups is 1. The smallest absolute Gasteiger partial charge is 0.270 e. The van der Waals surface area contributed by atoms with Gasteiger partial charge in [0.2, 0.25) is 5.95 Å². The van der Waals surface area contributed by atoms with Crippen LogP contribution in [0.4, 0.5) is 10.1 Å². The normalized spacial score (nSPS) is 12.9. The van der Waals surface area contributed by atoms with Crippen molar-refractivity contribution in [3.63, 3.8) is 0 Å². The fourth-order valence-corrected chi connectivity index (χ4v) is 4.26. The van der Waals surface area contributed by atoms with Gasteiger partial charge in [0, 0.05) is 31.9 Å². The third kappa shape index (κ3) is 9.95. The lowest BCUT2D eigenvalue weighted by Crippen LogP contribution is -2.36. The van der Waals surface area contributed by atoms with E-state index in [1.807, 2.05) is 66.5 Å². The van der Waals surface area contributed by atoms with Crippen molar-refractivity contribution in [2.45, 2.75) is 92.2 Å². The molecule has 0 amide bonds. The summed E-state index contributed by atoms with van der Waals surface area (Å²) in [5, 5.41) is 22.5. The predicted molar refractivity (Wildman–Crippen MR) is 167 cm³/mol. The lowest BCUT2D eigenvalue weighted by molar-refractivity contribution is 0.00199. The zero-order chi connectivity index (χ0) is 31.9. The molecule has 0 saturated heterocycles. The average Bonchev–Trinajstić information content (AvgIpc) is 3.01. The van der Waals surface area contributed by atoms with Crippen molar-refractivity contribution in [3.8, 4) is 12.1 Å². The molecule has 1 fully saturated rings. The van der Waals surface area contributed by atoms with Crippen molar-refractivity contribution in [2.75, 3.05) is 11.9 Å². The number of aryl methyl sites for hydroxylation is 1. The van der Waals surface area contributed by atoms with Crippen molar-refractivity contribution in [3.05, 3.63) is 63.6 Å². The van der Waals surface area contributed by atoms with Gasteiger partial charge in [-0.05, 0) is 57.9 Å². The fourth-order valence-electron chi connectivity index (χ4n) is 4.26. The summed E-state index contributed by atoms with van der Waals surface area (Å²) in [7, 11) is 3.55. The van der Waals surface area contributed by atoms with E-state index in [0.717, 1.165) is 25.7 Å². The number of anilines is 1. The number of hydrogen-bond acceptors (Lipinski definition) is 8. The van der Waals surface area contributed by atoms with Crippen LogP contribution >= 0.6 is 0 Å². The van der Waals surface area contributed by atoms with Crippen LogP contribution in [0.5, 0.6) is 0 Å². The van der Waals surface area contributed by atoms with Crippen molar-refractivity contribution in [2.24, 2.45) is 12.2 Å². The Morgan fingerprint density at radius 3 is 2.24 bits per heavy atom. The molecule has 226 valence electrons. The molecule has 1 aliphatic rings. The maximum Gasteiger partial charge on any atom is 0.270 e. The molecular formula is C32H44FN7O2. The van der Waals surface area contributed by atoms with Gasteiger partial charge in [0.15, 0.2) is 0 Å². The molecule has 1 saturated carbocycles. The van der Waals surface area contributed by atoms with Crippen LogP contribution in [0.1, 0.15) is 97.4 Å². The maximum atomic E-state index is 12.6. The molecule has 10 heteroatoms. The number of halogens is 1. The third-order valence-corrected chi connectivity index (χ3v) is 6.19. The highest BCUT2D eigenvalue weighted by Crippen LogP contribution is 2.32. The molecule has 4 rings (SSSR count). The Labute approximate surface area is 249 Å². The van der Waals surface area contributed by atoms with E-state index in [2.05, 4.69) is 21.2 Å². The minimum atomic E-state index is -0.501. The van der Waals surface area contributed by atoms with E-state index in [-0.39, 0.29) is 28.5 Å². The number of fused-ring (bicyclic) bond motifs is 1. The van der Waals surface area contributed by atoms with Crippen molar-refractivity contribution >= 4 is 22.9 Å². The zero-order valence-electron chi connectivity index (χ0n) is 26.4. The number of nitriles is 2. The van der Waals surface area contributed by atoms with Gasteiger partial charge in [-0.15, -0.1) is 0 Å². The molecule has 0 spiro atoms. The van der Waals surface area contributed by atoms with Crippen LogP contribution in [0.2, 0.25) is 0 Å². The minimum absolute atomic E-state index is 0.0978. The van der Waals surface area contributed by atoms with E-state index in [9.17, 15) is 14.4 Å². The van der Waals surface area contributed by atoms with Gasteiger partial charge in [-0.2, -0.15) is 14.9 Å². The summed E-state index contributed by atoms with van der Waals surface area (Å²) in [6.07, 6.45) is 8.49. The van der Waals surface area contributed by atoms with Gasteiger partial charge in [0.25, 0.3) is 5.56 Å². The SMILES string of the molecule is CC.CC.CC(C)(C)O/N=C/c1ccc(F)nc1.CN(c1c(C#N)c(=O)n(C)c2ccc(C#N)nc12)C1CCCCC1. The molecule has 3 aromatic rings. The highest BCUT2D eigenvalue weighted by atomic mass is 19.1. The highest BCUT2D eigenvalue weighted by Gasteiger charge is 2.25. The molecule has 3 heterocycles. The number of pyridine rings is 3. The van der Waals surface area contributed by atoms with Gasteiger partial charge in [0.1, 0.15) is 34.5 Å². The van der Waals surface area contributed by atoms with Crippen LogP contribution < -0.4 is 10.5 Å². The second kappa shape index (κ2) is 17.5. The summed E-state index contributed by atoms with van der Waals surface area (Å²) in [6.45, 7) is 13.7. The molecule has 0 unspecified atom stereocenters. The first-order chi connectivity index (χ1) is 20.1. The molecule has 42 heavy (non-hydrogen) atoms. The monoisotopic (exact) mass is 577 g/mol. The van der Waals surface area contributed by atoms with E-state index in [1.54, 1.807) is 25.2 Å². The molecule has 0 atom stereocenters. The van der Waals surface area contributed by atoms with Gasteiger partial charge >= 0.3 is 0 Å². The van der Waals surface area contributed by atoms with E-state index >= 15 is 0 Å². The van der Waals surface area contributed by atoms with Crippen LogP contribution in [0, 0.1) is 28.6 Å². The highest BCUT2D eigenvalue weighted by molar-refractivity contribution is 5.92. The van der Waals surface area contributed by atoms with Crippen molar-refractivity contribution in [1.82, 2.24) is 14.5 Å². The Bertz CT molecular complexity index is 1440. The summed E-state index contributed by atoms with van der Waals surface area (Å²) >= 11 is 0. The van der Waals surface area contributed by atoms with Gasteiger partial charge in [-0.3, -0.25) is 4.79 Å². The fraction of sp³-hybridized carbons (Fsp3) is 0.500. The summed E-state index contributed by atoms with van der Waals surface area (Å²) in [5.74, 6) is -0.501. The Morgan fingerprint density at radius 2 is 1.71 bits per heavy atom. The molecule has 3 aromatic heterocycles. The molecule has 9 nitrogen and oxygen atoms in total. The molecule has 1 aliphatic carbocycles. The predicted octanol–water partition coefficient (Wildman–Crippen LogP) is 6.87. The standard InChI is InChI=1S/C18H19N5O.C10H13FN2O.2C2H6/c1-22(13-6-4-3-5-7-13)17-14(11-20)18(24)23(2)15-9-8-12(10-19)21-16(15)17;1-10(2,3)14-13-7-8-4-5-9(11)12-6-8;2*1-2/h8-9,13H,3-7H2,1-2H3;4-7H,1-3H3;2*1-2H3/b;13-7+;;. The van der Waals surface area contributed by atoms with Gasteiger partial charge < -0.3 is 14.3 Å². The first-order valence-electron chi connectivity index (χ1n) is 14.5. The van der Waals surface area contributed by atoms with Crippen LogP contribution in [0.25, 0.3) is 11.0 Å². The number of aromatic nitrogens is 3. The Balaban J connectivity index is 0.000000419. The molecular weight excluding hydrogens is 533 g/mol. The Morgan fingerprint density at radius 1 is 1.07 bits per heavy atom. The van der Waals surface area contributed by atoms with Crippen LogP contribution in [-0.2, 0) is 11.9 Å². The number of nitrogens with zero attached hydrogens (tertiary/aromatic N) is 7. The number of rotatable bonds is 4. The summed E-state index contributed by atoms with van der Waals surface area (Å²) in [5.41, 5.74) is 2.18. The second-order valence-corrected chi connectivity index (χ2v) is 10.1. The minimum Gasteiger partial charge on any atom is -0.390 e. The lowest BCUT2D eigenvalue weighted by Gasteiger charge is -2.33. The largest absolute Gasteiger partial charge is 0.390 e.